The first-order valence-corrected chi connectivity index (χ1v) is 6.61. The smallest absolute Gasteiger partial charge is 0.343 e. The quantitative estimate of drug-likeness (QED) is 0.686. The summed E-state index contributed by atoms with van der Waals surface area (Å²) in [5.74, 6) is -0.150. The van der Waals surface area contributed by atoms with Crippen molar-refractivity contribution in [3.8, 4) is 5.75 Å². The van der Waals surface area contributed by atoms with E-state index in [1.54, 1.807) is 24.4 Å². The van der Waals surface area contributed by atoms with Gasteiger partial charge in [-0.25, -0.2) is 4.79 Å². The van der Waals surface area contributed by atoms with Crippen LogP contribution in [0.3, 0.4) is 0 Å². The maximum Gasteiger partial charge on any atom is 0.343 e. The fourth-order valence-corrected chi connectivity index (χ4v) is 1.87. The Morgan fingerprint density at radius 3 is 2.80 bits per heavy atom. The first-order valence-electron chi connectivity index (χ1n) is 5.82. The molecular formula is C14H13BrN2O3. The molecule has 0 saturated carbocycles. The van der Waals surface area contributed by atoms with E-state index in [4.69, 9.17) is 15.2 Å². The minimum Gasteiger partial charge on any atom is -0.486 e. The summed E-state index contributed by atoms with van der Waals surface area (Å²) in [4.78, 5) is 15.9. The molecule has 2 N–H and O–H groups in total. The van der Waals surface area contributed by atoms with Crippen LogP contribution in [0.2, 0.25) is 0 Å². The van der Waals surface area contributed by atoms with Gasteiger partial charge >= 0.3 is 5.97 Å². The number of pyridine rings is 1. The van der Waals surface area contributed by atoms with E-state index in [-0.39, 0.29) is 12.2 Å². The zero-order valence-electron chi connectivity index (χ0n) is 10.8. The third-order valence-corrected chi connectivity index (χ3v) is 3.08. The molecular weight excluding hydrogens is 324 g/mol. The van der Waals surface area contributed by atoms with Crippen molar-refractivity contribution in [2.24, 2.45) is 0 Å². The van der Waals surface area contributed by atoms with Gasteiger partial charge in [0.15, 0.2) is 0 Å². The van der Waals surface area contributed by atoms with Gasteiger partial charge in [-0.15, -0.1) is 0 Å². The van der Waals surface area contributed by atoms with E-state index in [1.165, 1.54) is 7.11 Å². The lowest BCUT2D eigenvalue weighted by Crippen LogP contribution is -2.09. The van der Waals surface area contributed by atoms with Crippen molar-refractivity contribution >= 4 is 27.6 Å². The average molecular weight is 337 g/mol. The fourth-order valence-electron chi connectivity index (χ4n) is 1.63. The van der Waals surface area contributed by atoms with Gasteiger partial charge in [0.1, 0.15) is 17.9 Å². The predicted octanol–water partition coefficient (Wildman–Crippen LogP) is 2.79. The minimum absolute atomic E-state index is 0.229. The lowest BCUT2D eigenvalue weighted by atomic mass is 10.1. The molecule has 0 amide bonds. The molecule has 104 valence electrons. The molecule has 0 fully saturated rings. The van der Waals surface area contributed by atoms with E-state index >= 15 is 0 Å². The second-order valence-electron chi connectivity index (χ2n) is 3.97. The third-order valence-electron chi connectivity index (χ3n) is 2.61. The number of nitrogen functional groups attached to an aromatic ring is 1. The van der Waals surface area contributed by atoms with Gasteiger partial charge in [0.05, 0.1) is 12.8 Å². The Balaban J connectivity index is 2.19. The number of hydrogen-bond acceptors (Lipinski definition) is 5. The molecule has 5 nitrogen and oxygen atoms in total. The summed E-state index contributed by atoms with van der Waals surface area (Å²) in [5.41, 5.74) is 7.07. The number of esters is 1. The molecule has 0 bridgehead atoms. The lowest BCUT2D eigenvalue weighted by Gasteiger charge is -2.11. The second-order valence-corrected chi connectivity index (χ2v) is 4.88. The largest absolute Gasteiger partial charge is 0.486 e. The molecule has 1 aromatic carbocycles. The topological polar surface area (TPSA) is 74.4 Å². The van der Waals surface area contributed by atoms with E-state index in [1.807, 2.05) is 12.1 Å². The van der Waals surface area contributed by atoms with Crippen LogP contribution in [0.5, 0.6) is 5.75 Å². The summed E-state index contributed by atoms with van der Waals surface area (Å²) in [5, 5.41) is 0. The molecule has 0 aliphatic heterocycles. The molecule has 2 rings (SSSR count). The average Bonchev–Trinajstić information content (AvgIpc) is 2.46. The second kappa shape index (κ2) is 6.38. The maximum atomic E-state index is 11.7. The van der Waals surface area contributed by atoms with Crippen LogP contribution in [0, 0.1) is 0 Å². The Labute approximate surface area is 124 Å². The lowest BCUT2D eigenvalue weighted by molar-refractivity contribution is 0.0597. The predicted molar refractivity (Wildman–Crippen MR) is 78.5 cm³/mol. The molecule has 1 heterocycles. The molecule has 2 aromatic rings. The number of carbonyl (C=O) groups excluding carboxylic acids is 1. The number of carbonyl (C=O) groups is 1. The van der Waals surface area contributed by atoms with E-state index in [0.717, 1.165) is 10.2 Å². The summed E-state index contributed by atoms with van der Waals surface area (Å²) in [6, 6.07) is 8.70. The molecule has 0 aliphatic carbocycles. The number of halogens is 1. The summed E-state index contributed by atoms with van der Waals surface area (Å²) < 4.78 is 11.2. The normalized spacial score (nSPS) is 10.1. The first-order chi connectivity index (χ1) is 9.61. The van der Waals surface area contributed by atoms with Crippen molar-refractivity contribution in [2.75, 3.05) is 12.8 Å². The highest BCUT2D eigenvalue weighted by atomic mass is 79.9. The van der Waals surface area contributed by atoms with Gasteiger partial charge in [-0.2, -0.15) is 0 Å². The van der Waals surface area contributed by atoms with Gasteiger partial charge in [-0.3, -0.25) is 4.98 Å². The van der Waals surface area contributed by atoms with E-state index < -0.39 is 5.97 Å². The van der Waals surface area contributed by atoms with Crippen LogP contribution in [0.15, 0.2) is 41.0 Å². The van der Waals surface area contributed by atoms with Crippen molar-refractivity contribution < 1.29 is 14.3 Å². The van der Waals surface area contributed by atoms with Crippen LogP contribution in [0.4, 0.5) is 5.69 Å². The molecule has 6 heteroatoms. The number of benzene rings is 1. The Bertz CT molecular complexity index is 614. The van der Waals surface area contributed by atoms with Crippen molar-refractivity contribution in [1.82, 2.24) is 4.98 Å². The number of anilines is 1. The summed E-state index contributed by atoms with van der Waals surface area (Å²) in [7, 11) is 1.30. The maximum absolute atomic E-state index is 11.7. The first kappa shape index (κ1) is 14.3. The molecule has 0 atom stereocenters. The van der Waals surface area contributed by atoms with Crippen LogP contribution in [0.1, 0.15) is 16.1 Å². The number of aromatic nitrogens is 1. The highest BCUT2D eigenvalue weighted by Crippen LogP contribution is 2.26. The van der Waals surface area contributed by atoms with Crippen LogP contribution in [-0.4, -0.2) is 18.1 Å². The molecule has 0 unspecified atom stereocenters. The van der Waals surface area contributed by atoms with Gasteiger partial charge in [0.25, 0.3) is 0 Å². The number of methoxy groups -OCH3 is 1. The Hall–Kier alpha value is -2.08. The van der Waals surface area contributed by atoms with Gasteiger partial charge in [0, 0.05) is 16.4 Å². The Kier molecular flexibility index (Phi) is 4.57. The number of rotatable bonds is 4. The Morgan fingerprint density at radius 1 is 1.35 bits per heavy atom. The zero-order chi connectivity index (χ0) is 14.5. The fraction of sp³-hybridized carbons (Fsp3) is 0.143. The van der Waals surface area contributed by atoms with Gasteiger partial charge < -0.3 is 15.2 Å². The molecule has 0 spiro atoms. The van der Waals surface area contributed by atoms with E-state index in [9.17, 15) is 4.79 Å². The van der Waals surface area contributed by atoms with Gasteiger partial charge in [-0.05, 0) is 40.2 Å². The third kappa shape index (κ3) is 3.27. The number of ether oxygens (including phenoxy) is 2. The molecule has 1 aromatic heterocycles. The van der Waals surface area contributed by atoms with Gasteiger partial charge in [-0.1, -0.05) is 6.07 Å². The molecule has 0 aliphatic rings. The van der Waals surface area contributed by atoms with Gasteiger partial charge in [0.2, 0.25) is 0 Å². The van der Waals surface area contributed by atoms with Crippen LogP contribution in [-0.2, 0) is 11.3 Å². The van der Waals surface area contributed by atoms with Crippen molar-refractivity contribution in [3.63, 3.8) is 0 Å². The number of nitrogens with two attached hydrogens (primary N) is 1. The van der Waals surface area contributed by atoms with Crippen LogP contribution in [0.25, 0.3) is 0 Å². The number of nitrogens with zero attached hydrogens (tertiary/aromatic N) is 1. The summed E-state index contributed by atoms with van der Waals surface area (Å²) in [6.07, 6.45) is 1.68. The summed E-state index contributed by atoms with van der Waals surface area (Å²) >= 11 is 3.31. The summed E-state index contributed by atoms with van der Waals surface area (Å²) in [6.45, 7) is 0.237. The highest BCUT2D eigenvalue weighted by Gasteiger charge is 2.16. The van der Waals surface area contributed by atoms with Crippen LogP contribution < -0.4 is 10.5 Å². The number of hydrogen-bond donors (Lipinski definition) is 1. The van der Waals surface area contributed by atoms with Crippen molar-refractivity contribution in [1.29, 1.82) is 0 Å². The van der Waals surface area contributed by atoms with E-state index in [2.05, 4.69) is 20.9 Å². The van der Waals surface area contributed by atoms with Crippen molar-refractivity contribution in [3.05, 3.63) is 52.3 Å². The molecule has 0 saturated heterocycles. The molecule has 20 heavy (non-hydrogen) atoms. The van der Waals surface area contributed by atoms with Crippen molar-refractivity contribution in [2.45, 2.75) is 6.61 Å². The highest BCUT2D eigenvalue weighted by molar-refractivity contribution is 9.10. The molecule has 0 radical (unpaired) electrons. The van der Waals surface area contributed by atoms with E-state index in [0.29, 0.717) is 11.4 Å². The SMILES string of the molecule is COC(=O)c1c(N)cccc1OCc1ccc(Br)cn1. The minimum atomic E-state index is -0.526. The monoisotopic (exact) mass is 336 g/mol. The van der Waals surface area contributed by atoms with Crippen LogP contribution >= 0.6 is 15.9 Å². The Morgan fingerprint density at radius 2 is 2.15 bits per heavy atom. The standard InChI is InChI=1S/C14H13BrN2O3/c1-19-14(18)13-11(16)3-2-4-12(13)20-8-10-6-5-9(15)7-17-10/h2-7H,8,16H2,1H3. The zero-order valence-corrected chi connectivity index (χ0v) is 12.4.